The number of ether oxygens (including phenoxy) is 1. The maximum atomic E-state index is 12.6. The van der Waals surface area contributed by atoms with Crippen molar-refractivity contribution >= 4 is 29.5 Å². The molecule has 4 N–H and O–H groups in total. The molecule has 0 aliphatic rings. The zero-order chi connectivity index (χ0) is 29.9. The first-order chi connectivity index (χ1) is 18.7. The molecule has 13 heteroatoms. The van der Waals surface area contributed by atoms with Crippen LogP contribution in [0.15, 0.2) is 60.9 Å². The van der Waals surface area contributed by atoms with Crippen molar-refractivity contribution in [2.45, 2.75) is 52.8 Å². The molecule has 0 fully saturated rings. The third kappa shape index (κ3) is 11.0. The Balaban J connectivity index is 0.000000305. The average Bonchev–Trinajstić information content (AvgIpc) is 2.86. The zero-order valence-electron chi connectivity index (χ0n) is 22.6. The summed E-state index contributed by atoms with van der Waals surface area (Å²) in [6.45, 7) is 9.14. The fourth-order valence-electron chi connectivity index (χ4n) is 3.01. The summed E-state index contributed by atoms with van der Waals surface area (Å²) in [6, 6.07) is 10.1. The van der Waals surface area contributed by atoms with E-state index in [0.717, 1.165) is 30.2 Å². The SMILES string of the molecule is CCc1ccnc(NC(=O)OC(C)(C)C)c1.Cc1ncccc1C(=O)NNC(=O)Nc1cccc(C(F)(F)F)c1. The Kier molecular flexibility index (Phi) is 11.0. The molecule has 0 saturated carbocycles. The third-order valence-corrected chi connectivity index (χ3v) is 4.85. The van der Waals surface area contributed by atoms with Crippen LogP contribution < -0.4 is 21.5 Å². The lowest BCUT2D eigenvalue weighted by molar-refractivity contribution is -0.137. The summed E-state index contributed by atoms with van der Waals surface area (Å²) in [6.07, 6.45) is -0.898. The summed E-state index contributed by atoms with van der Waals surface area (Å²) < 4.78 is 42.9. The normalized spacial score (nSPS) is 10.9. The first kappa shape index (κ1) is 31.5. The quantitative estimate of drug-likeness (QED) is 0.295. The second-order valence-electron chi connectivity index (χ2n) is 9.28. The lowest BCUT2D eigenvalue weighted by atomic mass is 10.2. The molecule has 0 aliphatic carbocycles. The maximum absolute atomic E-state index is 12.6. The first-order valence-corrected chi connectivity index (χ1v) is 12.1. The van der Waals surface area contributed by atoms with Gasteiger partial charge >= 0.3 is 18.3 Å². The van der Waals surface area contributed by atoms with Crippen LogP contribution in [-0.2, 0) is 17.3 Å². The average molecular weight is 561 g/mol. The van der Waals surface area contributed by atoms with Gasteiger partial charge in [-0.15, -0.1) is 0 Å². The fraction of sp³-hybridized carbons (Fsp3) is 0.296. The van der Waals surface area contributed by atoms with Crippen LogP contribution in [0.4, 0.5) is 34.3 Å². The van der Waals surface area contributed by atoms with Gasteiger partial charge in [0.15, 0.2) is 0 Å². The van der Waals surface area contributed by atoms with Gasteiger partial charge < -0.3 is 10.1 Å². The van der Waals surface area contributed by atoms with Gasteiger partial charge in [0.2, 0.25) is 0 Å². The van der Waals surface area contributed by atoms with Crippen LogP contribution in [0.2, 0.25) is 0 Å². The summed E-state index contributed by atoms with van der Waals surface area (Å²) in [5, 5.41) is 4.80. The topological polar surface area (TPSA) is 134 Å². The van der Waals surface area contributed by atoms with Gasteiger partial charge in [-0.05, 0) is 82.1 Å². The Morgan fingerprint density at radius 3 is 2.25 bits per heavy atom. The highest BCUT2D eigenvalue weighted by Crippen LogP contribution is 2.30. The van der Waals surface area contributed by atoms with E-state index in [1.165, 1.54) is 18.3 Å². The van der Waals surface area contributed by atoms with Crippen LogP contribution in [0, 0.1) is 6.92 Å². The monoisotopic (exact) mass is 560 g/mol. The van der Waals surface area contributed by atoms with E-state index < -0.39 is 35.4 Å². The van der Waals surface area contributed by atoms with Crippen molar-refractivity contribution < 1.29 is 32.3 Å². The molecule has 2 heterocycles. The lowest BCUT2D eigenvalue weighted by Crippen LogP contribution is -2.44. The molecule has 214 valence electrons. The number of halogens is 3. The predicted molar refractivity (Wildman–Crippen MR) is 144 cm³/mol. The van der Waals surface area contributed by atoms with Gasteiger partial charge in [-0.2, -0.15) is 13.2 Å². The number of hydrogen-bond donors (Lipinski definition) is 4. The number of aromatic nitrogens is 2. The number of pyridine rings is 2. The molecule has 2 aromatic heterocycles. The standard InChI is InChI=1S/C15H13F3N4O2.C12H18N2O2/c1-9-12(6-3-7-19-9)13(23)21-22-14(24)20-11-5-2-4-10(8-11)15(16,17)18;1-5-9-6-7-13-10(8-9)14-11(15)16-12(2,3)4/h2-8H,1H3,(H,21,23)(H2,20,22,24);6-8H,5H2,1-4H3,(H,13,14,15). The molecule has 0 unspecified atom stereocenters. The van der Waals surface area contributed by atoms with Crippen LogP contribution in [0.1, 0.15) is 54.9 Å². The summed E-state index contributed by atoms with van der Waals surface area (Å²) in [5.74, 6) is -0.0756. The van der Waals surface area contributed by atoms with Crippen molar-refractivity contribution in [3.63, 3.8) is 0 Å². The zero-order valence-corrected chi connectivity index (χ0v) is 22.6. The second-order valence-corrected chi connectivity index (χ2v) is 9.28. The Hall–Kier alpha value is -4.68. The number of anilines is 2. The van der Waals surface area contributed by atoms with Gasteiger partial charge in [0.25, 0.3) is 5.91 Å². The predicted octanol–water partition coefficient (Wildman–Crippen LogP) is 5.87. The molecular formula is C27H31F3N6O4. The van der Waals surface area contributed by atoms with E-state index in [0.29, 0.717) is 11.5 Å². The fourth-order valence-corrected chi connectivity index (χ4v) is 3.01. The number of benzene rings is 1. The summed E-state index contributed by atoms with van der Waals surface area (Å²) in [4.78, 5) is 43.0. The lowest BCUT2D eigenvalue weighted by Gasteiger charge is -2.19. The summed E-state index contributed by atoms with van der Waals surface area (Å²) in [5.41, 5.74) is 4.60. The molecule has 0 atom stereocenters. The minimum Gasteiger partial charge on any atom is -0.444 e. The smallest absolute Gasteiger partial charge is 0.416 e. The molecule has 0 radical (unpaired) electrons. The molecule has 0 aliphatic heterocycles. The summed E-state index contributed by atoms with van der Waals surface area (Å²) in [7, 11) is 0. The molecule has 3 rings (SSSR count). The van der Waals surface area contributed by atoms with Crippen LogP contribution in [-0.4, -0.2) is 33.6 Å². The van der Waals surface area contributed by atoms with Crippen LogP contribution in [0.3, 0.4) is 0 Å². The number of rotatable bonds is 4. The Labute approximate surface area is 229 Å². The third-order valence-electron chi connectivity index (χ3n) is 4.85. The number of amides is 4. The Bertz CT molecular complexity index is 1330. The van der Waals surface area contributed by atoms with Crippen molar-refractivity contribution in [1.82, 2.24) is 20.8 Å². The number of carbonyl (C=O) groups excluding carboxylic acids is 3. The van der Waals surface area contributed by atoms with E-state index in [1.54, 1.807) is 19.2 Å². The molecule has 1 aromatic carbocycles. The van der Waals surface area contributed by atoms with Crippen molar-refractivity contribution in [2.24, 2.45) is 0 Å². The molecule has 40 heavy (non-hydrogen) atoms. The number of nitrogens with one attached hydrogen (secondary N) is 4. The van der Waals surface area contributed by atoms with Crippen molar-refractivity contribution in [3.8, 4) is 0 Å². The van der Waals surface area contributed by atoms with E-state index in [2.05, 4.69) is 31.5 Å². The van der Waals surface area contributed by atoms with Crippen LogP contribution in [0.5, 0.6) is 0 Å². The molecular weight excluding hydrogens is 529 g/mol. The molecule has 4 amide bonds. The van der Waals surface area contributed by atoms with Gasteiger partial charge in [0.1, 0.15) is 11.4 Å². The first-order valence-electron chi connectivity index (χ1n) is 12.1. The molecule has 0 spiro atoms. The van der Waals surface area contributed by atoms with Crippen LogP contribution in [0.25, 0.3) is 0 Å². The summed E-state index contributed by atoms with van der Waals surface area (Å²) >= 11 is 0. The molecule has 10 nitrogen and oxygen atoms in total. The number of hydrazine groups is 1. The van der Waals surface area contributed by atoms with Crippen molar-refractivity contribution in [2.75, 3.05) is 10.6 Å². The maximum Gasteiger partial charge on any atom is 0.416 e. The Morgan fingerprint density at radius 2 is 1.62 bits per heavy atom. The van der Waals surface area contributed by atoms with E-state index in [1.807, 2.05) is 39.8 Å². The van der Waals surface area contributed by atoms with Gasteiger partial charge in [-0.25, -0.2) is 20.0 Å². The van der Waals surface area contributed by atoms with Crippen LogP contribution >= 0.6 is 0 Å². The van der Waals surface area contributed by atoms with Crippen molar-refractivity contribution in [3.05, 3.63) is 83.3 Å². The van der Waals surface area contributed by atoms with Gasteiger partial charge in [0, 0.05) is 18.1 Å². The number of alkyl halides is 3. The van der Waals surface area contributed by atoms with Gasteiger partial charge in [-0.1, -0.05) is 13.0 Å². The molecule has 0 saturated heterocycles. The second kappa shape index (κ2) is 13.9. The van der Waals surface area contributed by atoms with Gasteiger partial charge in [0.05, 0.1) is 16.8 Å². The van der Waals surface area contributed by atoms with Gasteiger partial charge in [-0.3, -0.25) is 20.5 Å². The molecule has 3 aromatic rings. The highest BCUT2D eigenvalue weighted by Gasteiger charge is 2.30. The molecule has 0 bridgehead atoms. The largest absolute Gasteiger partial charge is 0.444 e. The van der Waals surface area contributed by atoms with E-state index in [4.69, 9.17) is 4.74 Å². The van der Waals surface area contributed by atoms with E-state index in [-0.39, 0.29) is 11.3 Å². The highest BCUT2D eigenvalue weighted by atomic mass is 19.4. The number of urea groups is 1. The minimum atomic E-state index is -4.51. The number of carbonyl (C=O) groups is 3. The van der Waals surface area contributed by atoms with E-state index >= 15 is 0 Å². The number of nitrogens with zero attached hydrogens (tertiary/aromatic N) is 2. The van der Waals surface area contributed by atoms with Crippen molar-refractivity contribution in [1.29, 1.82) is 0 Å². The van der Waals surface area contributed by atoms with E-state index in [9.17, 15) is 27.6 Å². The Morgan fingerprint density at radius 1 is 0.900 bits per heavy atom. The number of aryl methyl sites for hydroxylation is 2. The number of hydrogen-bond acceptors (Lipinski definition) is 6. The minimum absolute atomic E-state index is 0.0610. The highest BCUT2D eigenvalue weighted by molar-refractivity contribution is 5.97.